The third-order valence-corrected chi connectivity index (χ3v) is 10.2. The normalized spacial score (nSPS) is 13.7. The molecule has 258 valence electrons. The highest BCUT2D eigenvalue weighted by Gasteiger charge is 2.34. The van der Waals surface area contributed by atoms with Crippen molar-refractivity contribution in [3.8, 4) is 0 Å². The Morgan fingerprint density at radius 1 is 0.936 bits per heavy atom. The second-order valence-corrected chi connectivity index (χ2v) is 14.3. The van der Waals surface area contributed by atoms with Gasteiger partial charge in [0.2, 0.25) is 5.91 Å². The van der Waals surface area contributed by atoms with E-state index in [2.05, 4.69) is 26.1 Å². The van der Waals surface area contributed by atoms with Gasteiger partial charge in [-0.2, -0.15) is 5.10 Å². The summed E-state index contributed by atoms with van der Waals surface area (Å²) >= 11 is 0. The Balaban J connectivity index is 1.87. The zero-order valence-electron chi connectivity index (χ0n) is 27.5. The van der Waals surface area contributed by atoms with Crippen LogP contribution in [-0.2, 0) is 34.0 Å². The van der Waals surface area contributed by atoms with Gasteiger partial charge in [0.25, 0.3) is 5.91 Å². The maximum absolute atomic E-state index is 14.1. The van der Waals surface area contributed by atoms with Gasteiger partial charge in [-0.05, 0) is 67.5 Å². The van der Waals surface area contributed by atoms with Gasteiger partial charge < -0.3 is 21.1 Å². The Morgan fingerprint density at radius 2 is 1.60 bits per heavy atom. The minimum atomic E-state index is -3.87. The number of aliphatic hydroxyl groups excluding tert-OH is 1. The SMILES string of the molecule is CCCC(CCC)S(=O)(=O)CC(NC(=O)c1cc(C)[nH]n1)C(=O)N[C@@H](Cc1cc(F)cc(F)c1)C(O)CNCc1cccc(CC)c1. The van der Waals surface area contributed by atoms with E-state index in [1.54, 1.807) is 6.92 Å². The van der Waals surface area contributed by atoms with Crippen LogP contribution in [0.4, 0.5) is 8.78 Å². The highest BCUT2D eigenvalue weighted by molar-refractivity contribution is 7.92. The monoisotopic (exact) mass is 675 g/mol. The molecule has 0 saturated heterocycles. The zero-order valence-corrected chi connectivity index (χ0v) is 28.3. The number of H-pyrrole nitrogens is 1. The molecule has 0 aliphatic carbocycles. The van der Waals surface area contributed by atoms with Crippen molar-refractivity contribution in [2.45, 2.75) is 96.2 Å². The number of nitrogens with zero attached hydrogens (tertiary/aromatic N) is 1. The molecule has 0 radical (unpaired) electrons. The lowest BCUT2D eigenvalue weighted by molar-refractivity contribution is -0.124. The average Bonchev–Trinajstić information content (AvgIpc) is 3.46. The van der Waals surface area contributed by atoms with Crippen molar-refractivity contribution in [2.24, 2.45) is 0 Å². The molecule has 0 bridgehead atoms. The number of carbonyl (C=O) groups is 2. The Morgan fingerprint density at radius 3 is 2.19 bits per heavy atom. The van der Waals surface area contributed by atoms with Gasteiger partial charge in [-0.3, -0.25) is 14.7 Å². The molecule has 0 fully saturated rings. The lowest BCUT2D eigenvalue weighted by Crippen LogP contribution is -2.57. The Kier molecular flexibility index (Phi) is 14.5. The standard InChI is InChI=1S/C34H47F2N5O5S/c1-5-9-28(10-6-2)47(45,46)21-31(39-33(43)30-13-22(4)40-41-30)34(44)38-29(17-25-15-26(35)18-27(36)16-25)32(42)20-37-19-24-12-8-11-23(7-3)14-24/h8,11-16,18,28-29,31-32,37,42H,5-7,9-10,17,19-21H2,1-4H3,(H,38,44)(H,39,43)(H,40,41)/t29-,31?,32?/m0/s1. The first-order chi connectivity index (χ1) is 22.3. The quantitative estimate of drug-likeness (QED) is 0.129. The Bertz CT molecular complexity index is 1560. The molecule has 47 heavy (non-hydrogen) atoms. The second kappa shape index (κ2) is 18.0. The number of halogens is 2. The molecule has 5 N–H and O–H groups in total. The molecule has 0 saturated carbocycles. The van der Waals surface area contributed by atoms with Gasteiger partial charge >= 0.3 is 0 Å². The van der Waals surface area contributed by atoms with Crippen LogP contribution in [-0.4, -0.2) is 71.3 Å². The van der Waals surface area contributed by atoms with Crippen molar-refractivity contribution in [1.82, 2.24) is 26.1 Å². The van der Waals surface area contributed by atoms with Gasteiger partial charge in [-0.25, -0.2) is 17.2 Å². The number of hydrogen-bond acceptors (Lipinski definition) is 7. The number of aromatic nitrogens is 2. The predicted molar refractivity (Wildman–Crippen MR) is 177 cm³/mol. The number of aliphatic hydroxyl groups is 1. The molecule has 0 aliphatic heterocycles. The van der Waals surface area contributed by atoms with Crippen LogP contribution in [0.3, 0.4) is 0 Å². The van der Waals surface area contributed by atoms with E-state index < -0.39 is 62.5 Å². The van der Waals surface area contributed by atoms with Crippen molar-refractivity contribution in [3.05, 3.63) is 88.2 Å². The molecule has 0 aliphatic rings. The summed E-state index contributed by atoms with van der Waals surface area (Å²) in [4.78, 5) is 26.9. The Labute approximate surface area is 276 Å². The van der Waals surface area contributed by atoms with Crippen LogP contribution in [0.15, 0.2) is 48.5 Å². The summed E-state index contributed by atoms with van der Waals surface area (Å²) in [6, 6.07) is 9.66. The fourth-order valence-electron chi connectivity index (χ4n) is 5.48. The summed E-state index contributed by atoms with van der Waals surface area (Å²) < 4.78 is 55.3. The summed E-state index contributed by atoms with van der Waals surface area (Å²) in [5, 5.41) is 25.5. The van der Waals surface area contributed by atoms with Crippen molar-refractivity contribution in [1.29, 1.82) is 0 Å². The van der Waals surface area contributed by atoms with Gasteiger partial charge in [0, 0.05) is 24.8 Å². The molecule has 2 amide bonds. The number of amides is 2. The first-order valence-corrected chi connectivity index (χ1v) is 17.8. The summed E-state index contributed by atoms with van der Waals surface area (Å²) in [7, 11) is -3.87. The van der Waals surface area contributed by atoms with E-state index in [1.165, 1.54) is 6.07 Å². The molecule has 1 heterocycles. The van der Waals surface area contributed by atoms with Crippen LogP contribution in [0, 0.1) is 18.6 Å². The third-order valence-electron chi connectivity index (χ3n) is 7.94. The number of hydrogen-bond donors (Lipinski definition) is 5. The minimum Gasteiger partial charge on any atom is -0.390 e. The molecule has 3 atom stereocenters. The van der Waals surface area contributed by atoms with Gasteiger partial charge in [-0.15, -0.1) is 0 Å². The maximum Gasteiger partial charge on any atom is 0.272 e. The molecule has 3 rings (SSSR count). The lowest BCUT2D eigenvalue weighted by atomic mass is 10.00. The number of nitrogens with one attached hydrogen (secondary N) is 4. The van der Waals surface area contributed by atoms with E-state index in [-0.39, 0.29) is 24.2 Å². The number of sulfone groups is 1. The molecule has 10 nitrogen and oxygen atoms in total. The fourth-order valence-corrected chi connectivity index (χ4v) is 7.64. The molecule has 2 unspecified atom stereocenters. The number of aryl methyl sites for hydroxylation is 2. The largest absolute Gasteiger partial charge is 0.390 e. The molecular weight excluding hydrogens is 628 g/mol. The summed E-state index contributed by atoms with van der Waals surface area (Å²) in [6.07, 6.45) is 1.47. The minimum absolute atomic E-state index is 0.00393. The fraction of sp³-hybridized carbons (Fsp3) is 0.500. The number of aromatic amines is 1. The number of benzene rings is 2. The molecule has 3 aromatic rings. The topological polar surface area (TPSA) is 153 Å². The van der Waals surface area contributed by atoms with Crippen LogP contribution in [0.25, 0.3) is 0 Å². The first-order valence-electron chi connectivity index (χ1n) is 16.1. The summed E-state index contributed by atoms with van der Waals surface area (Å²) in [6.45, 7) is 7.89. The molecule has 2 aromatic carbocycles. The van der Waals surface area contributed by atoms with Crippen LogP contribution in [0.2, 0.25) is 0 Å². The Hall–Kier alpha value is -3.68. The smallest absolute Gasteiger partial charge is 0.272 e. The highest BCUT2D eigenvalue weighted by atomic mass is 32.2. The van der Waals surface area contributed by atoms with Gasteiger partial charge in [0.1, 0.15) is 23.4 Å². The molecule has 13 heteroatoms. The second-order valence-electron chi connectivity index (χ2n) is 12.0. The van der Waals surface area contributed by atoms with E-state index >= 15 is 0 Å². The van der Waals surface area contributed by atoms with E-state index in [1.807, 2.05) is 45.0 Å². The van der Waals surface area contributed by atoms with Crippen LogP contribution >= 0.6 is 0 Å². The lowest BCUT2D eigenvalue weighted by Gasteiger charge is -2.28. The van der Waals surface area contributed by atoms with Crippen molar-refractivity contribution < 1.29 is 31.9 Å². The van der Waals surface area contributed by atoms with Crippen LogP contribution in [0.1, 0.15) is 79.3 Å². The van der Waals surface area contributed by atoms with Crippen molar-refractivity contribution >= 4 is 21.7 Å². The van der Waals surface area contributed by atoms with Gasteiger partial charge in [0.15, 0.2) is 9.84 Å². The predicted octanol–water partition coefficient (Wildman–Crippen LogP) is 3.92. The summed E-state index contributed by atoms with van der Waals surface area (Å²) in [5.41, 5.74) is 2.87. The van der Waals surface area contributed by atoms with Gasteiger partial charge in [0.05, 0.1) is 23.1 Å². The zero-order chi connectivity index (χ0) is 34.6. The summed E-state index contributed by atoms with van der Waals surface area (Å²) in [5.74, 6) is -3.94. The molecular formula is C34H47F2N5O5S. The third kappa shape index (κ3) is 11.8. The average molecular weight is 676 g/mol. The van der Waals surface area contributed by atoms with E-state index in [9.17, 15) is 31.9 Å². The van der Waals surface area contributed by atoms with Crippen LogP contribution < -0.4 is 16.0 Å². The maximum atomic E-state index is 14.1. The first kappa shape index (κ1) is 37.8. The van der Waals surface area contributed by atoms with Crippen molar-refractivity contribution in [2.75, 3.05) is 12.3 Å². The van der Waals surface area contributed by atoms with E-state index in [0.717, 1.165) is 35.7 Å². The number of carbonyl (C=O) groups excluding carboxylic acids is 2. The number of rotatable bonds is 19. The van der Waals surface area contributed by atoms with Crippen LogP contribution in [0.5, 0.6) is 0 Å². The molecule has 1 aromatic heterocycles. The van der Waals surface area contributed by atoms with Gasteiger partial charge in [-0.1, -0.05) is 57.9 Å². The van der Waals surface area contributed by atoms with Crippen molar-refractivity contribution in [3.63, 3.8) is 0 Å². The van der Waals surface area contributed by atoms with E-state index in [0.29, 0.717) is 37.9 Å². The molecule has 0 spiro atoms. The van der Waals surface area contributed by atoms with E-state index in [4.69, 9.17) is 0 Å². The highest BCUT2D eigenvalue weighted by Crippen LogP contribution is 2.18.